The van der Waals surface area contributed by atoms with Crippen molar-refractivity contribution in [2.24, 2.45) is 11.7 Å². The molecule has 1 aromatic carbocycles. The van der Waals surface area contributed by atoms with Crippen LogP contribution >= 0.6 is 11.8 Å². The van der Waals surface area contributed by atoms with Crippen molar-refractivity contribution in [3.63, 3.8) is 0 Å². The van der Waals surface area contributed by atoms with Crippen LogP contribution in [0.5, 0.6) is 5.75 Å². The molecule has 0 heterocycles. The van der Waals surface area contributed by atoms with E-state index < -0.39 is 10.0 Å². The van der Waals surface area contributed by atoms with Gasteiger partial charge in [0.2, 0.25) is 10.0 Å². The van der Waals surface area contributed by atoms with Crippen molar-refractivity contribution in [3.05, 3.63) is 23.8 Å². The third-order valence-electron chi connectivity index (χ3n) is 3.04. The zero-order valence-electron chi connectivity index (χ0n) is 12.8. The largest absolute Gasteiger partial charge is 0.497 e. The van der Waals surface area contributed by atoms with Crippen LogP contribution in [0.4, 0.5) is 0 Å². The summed E-state index contributed by atoms with van der Waals surface area (Å²) in [5.41, 5.74) is 6.25. The van der Waals surface area contributed by atoms with Gasteiger partial charge in [0.25, 0.3) is 0 Å². The zero-order chi connectivity index (χ0) is 15.9. The van der Waals surface area contributed by atoms with Crippen LogP contribution in [-0.2, 0) is 16.4 Å². The highest BCUT2D eigenvalue weighted by Gasteiger charge is 2.19. The molecule has 0 bridgehead atoms. The number of methoxy groups -OCH3 is 1. The Kier molecular flexibility index (Phi) is 7.51. The first-order valence-electron chi connectivity index (χ1n) is 6.80. The first-order valence-corrected chi connectivity index (χ1v) is 9.68. The second-order valence-electron chi connectivity index (χ2n) is 4.92. The van der Waals surface area contributed by atoms with Crippen LogP contribution in [0.3, 0.4) is 0 Å². The van der Waals surface area contributed by atoms with E-state index in [1.54, 1.807) is 37.1 Å². The highest BCUT2D eigenvalue weighted by atomic mass is 32.2. The number of nitrogens with two attached hydrogens (primary N) is 1. The predicted octanol–water partition coefficient (Wildman–Crippen LogP) is 1.47. The average molecular weight is 332 g/mol. The van der Waals surface area contributed by atoms with Crippen LogP contribution in [0, 0.1) is 5.92 Å². The molecule has 0 aromatic heterocycles. The van der Waals surface area contributed by atoms with Crippen molar-refractivity contribution in [2.45, 2.75) is 18.2 Å². The predicted molar refractivity (Wildman–Crippen MR) is 88.5 cm³/mol. The number of sulfonamides is 1. The summed E-state index contributed by atoms with van der Waals surface area (Å²) in [4.78, 5) is 0.283. The highest BCUT2D eigenvalue weighted by molar-refractivity contribution is 7.98. The summed E-state index contributed by atoms with van der Waals surface area (Å²) >= 11 is 1.70. The minimum absolute atomic E-state index is 0.283. The highest BCUT2D eigenvalue weighted by Crippen LogP contribution is 2.22. The van der Waals surface area contributed by atoms with E-state index >= 15 is 0 Å². The maximum absolute atomic E-state index is 12.4. The quantitative estimate of drug-likeness (QED) is 0.716. The molecular formula is C14H24N2O3S2. The lowest BCUT2D eigenvalue weighted by Crippen LogP contribution is -2.30. The van der Waals surface area contributed by atoms with E-state index in [0.29, 0.717) is 30.8 Å². The van der Waals surface area contributed by atoms with Gasteiger partial charge in [-0.15, -0.1) is 0 Å². The molecule has 0 aliphatic rings. The first kappa shape index (κ1) is 18.3. The van der Waals surface area contributed by atoms with Crippen LogP contribution < -0.4 is 15.2 Å². The molecule has 1 atom stereocenters. The average Bonchev–Trinajstić information content (AvgIpc) is 2.45. The first-order chi connectivity index (χ1) is 9.94. The van der Waals surface area contributed by atoms with Crippen LogP contribution in [0.2, 0.25) is 0 Å². The van der Waals surface area contributed by atoms with Crippen molar-refractivity contribution in [1.82, 2.24) is 4.72 Å². The lowest BCUT2D eigenvalue weighted by atomic mass is 10.1. The number of ether oxygens (including phenoxy) is 1. The SMILES string of the molecule is COc1ccc(S(=O)(=O)NCC(C)CSC)c(CCN)c1. The van der Waals surface area contributed by atoms with Crippen molar-refractivity contribution in [3.8, 4) is 5.75 Å². The summed E-state index contributed by atoms with van der Waals surface area (Å²) in [5, 5.41) is 0. The lowest BCUT2D eigenvalue weighted by molar-refractivity contribution is 0.413. The van der Waals surface area contributed by atoms with Gasteiger partial charge < -0.3 is 10.5 Å². The molecule has 1 unspecified atom stereocenters. The number of benzene rings is 1. The van der Waals surface area contributed by atoms with Gasteiger partial charge in [-0.2, -0.15) is 11.8 Å². The van der Waals surface area contributed by atoms with Crippen molar-refractivity contribution in [1.29, 1.82) is 0 Å². The summed E-state index contributed by atoms with van der Waals surface area (Å²) in [7, 11) is -1.97. The van der Waals surface area contributed by atoms with E-state index in [-0.39, 0.29) is 10.8 Å². The number of rotatable bonds is 9. The Hall–Kier alpha value is -0.760. The summed E-state index contributed by atoms with van der Waals surface area (Å²) in [6.07, 6.45) is 2.50. The topological polar surface area (TPSA) is 81.4 Å². The lowest BCUT2D eigenvalue weighted by Gasteiger charge is -2.15. The monoisotopic (exact) mass is 332 g/mol. The third kappa shape index (κ3) is 5.50. The minimum Gasteiger partial charge on any atom is -0.497 e. The second kappa shape index (κ2) is 8.63. The Bertz CT molecular complexity index is 547. The molecule has 0 aliphatic carbocycles. The smallest absolute Gasteiger partial charge is 0.240 e. The molecule has 3 N–H and O–H groups in total. The Morgan fingerprint density at radius 1 is 1.43 bits per heavy atom. The summed E-state index contributed by atoms with van der Waals surface area (Å²) in [6.45, 7) is 2.84. The van der Waals surface area contributed by atoms with Gasteiger partial charge in [0.15, 0.2) is 0 Å². The molecule has 5 nitrogen and oxygen atoms in total. The molecule has 0 fully saturated rings. The summed E-state index contributed by atoms with van der Waals surface area (Å²) in [6, 6.07) is 4.96. The molecule has 7 heteroatoms. The van der Waals surface area contributed by atoms with Gasteiger partial charge in [-0.25, -0.2) is 13.1 Å². The van der Waals surface area contributed by atoms with E-state index in [4.69, 9.17) is 10.5 Å². The fourth-order valence-corrected chi connectivity index (χ4v) is 4.07. The molecule has 21 heavy (non-hydrogen) atoms. The van der Waals surface area contributed by atoms with Gasteiger partial charge in [0, 0.05) is 6.54 Å². The Morgan fingerprint density at radius 2 is 2.14 bits per heavy atom. The molecule has 0 saturated carbocycles. The molecule has 120 valence electrons. The minimum atomic E-state index is -3.52. The normalized spacial score (nSPS) is 13.1. The Morgan fingerprint density at radius 3 is 2.71 bits per heavy atom. The maximum Gasteiger partial charge on any atom is 0.240 e. The summed E-state index contributed by atoms with van der Waals surface area (Å²) < 4.78 is 32.7. The zero-order valence-corrected chi connectivity index (χ0v) is 14.4. The fraction of sp³-hybridized carbons (Fsp3) is 0.571. The number of thioether (sulfide) groups is 1. The Labute approximate surface area is 131 Å². The van der Waals surface area contributed by atoms with Gasteiger partial charge in [-0.3, -0.25) is 0 Å². The van der Waals surface area contributed by atoms with Crippen molar-refractivity contribution in [2.75, 3.05) is 32.2 Å². The molecule has 0 radical (unpaired) electrons. The molecule has 0 aliphatic heterocycles. The second-order valence-corrected chi connectivity index (χ2v) is 7.57. The molecule has 0 saturated heterocycles. The Balaban J connectivity index is 2.96. The van der Waals surface area contributed by atoms with Gasteiger partial charge in [-0.05, 0) is 54.7 Å². The maximum atomic E-state index is 12.4. The molecule has 1 aromatic rings. The van der Waals surface area contributed by atoms with Gasteiger partial charge in [0.1, 0.15) is 5.75 Å². The van der Waals surface area contributed by atoms with Crippen molar-refractivity contribution < 1.29 is 13.2 Å². The van der Waals surface area contributed by atoms with E-state index in [0.717, 1.165) is 5.75 Å². The standard InChI is InChI=1S/C14H24N2O3S2/c1-11(10-20-3)9-16-21(17,18)14-5-4-13(19-2)8-12(14)6-7-15/h4-5,8,11,16H,6-7,9-10,15H2,1-3H3. The van der Waals surface area contributed by atoms with E-state index in [9.17, 15) is 8.42 Å². The van der Waals surface area contributed by atoms with Gasteiger partial charge in [0.05, 0.1) is 12.0 Å². The number of nitrogens with one attached hydrogen (secondary N) is 1. The fourth-order valence-electron chi connectivity index (χ4n) is 1.97. The third-order valence-corrected chi connectivity index (χ3v) is 5.47. The van der Waals surface area contributed by atoms with Crippen LogP contribution in [0.25, 0.3) is 0 Å². The van der Waals surface area contributed by atoms with Crippen molar-refractivity contribution >= 4 is 21.8 Å². The van der Waals surface area contributed by atoms with Crippen LogP contribution in [0.1, 0.15) is 12.5 Å². The number of hydrogen-bond acceptors (Lipinski definition) is 5. The summed E-state index contributed by atoms with van der Waals surface area (Å²) in [5.74, 6) is 1.83. The van der Waals surface area contributed by atoms with E-state index in [1.165, 1.54) is 0 Å². The van der Waals surface area contributed by atoms with Gasteiger partial charge >= 0.3 is 0 Å². The van der Waals surface area contributed by atoms with Crippen LogP contribution in [0.15, 0.2) is 23.1 Å². The van der Waals surface area contributed by atoms with Crippen LogP contribution in [-0.4, -0.2) is 40.6 Å². The molecular weight excluding hydrogens is 308 g/mol. The molecule has 1 rings (SSSR count). The molecule has 0 spiro atoms. The molecule has 0 amide bonds. The van der Waals surface area contributed by atoms with E-state index in [2.05, 4.69) is 4.72 Å². The van der Waals surface area contributed by atoms with Gasteiger partial charge in [-0.1, -0.05) is 6.92 Å². The van der Waals surface area contributed by atoms with E-state index in [1.807, 2.05) is 13.2 Å². The number of hydrogen-bond donors (Lipinski definition) is 2.